The van der Waals surface area contributed by atoms with Gasteiger partial charge in [0, 0.05) is 33.1 Å². The van der Waals surface area contributed by atoms with E-state index in [-0.39, 0.29) is 5.91 Å². The molecule has 0 aliphatic carbocycles. The van der Waals surface area contributed by atoms with Crippen molar-refractivity contribution in [2.24, 2.45) is 0 Å². The summed E-state index contributed by atoms with van der Waals surface area (Å²) in [5.74, 6) is -0.0701. The second-order valence-electron chi connectivity index (χ2n) is 6.63. The molecular weight excluding hydrogens is 341 g/mol. The second-order valence-corrected chi connectivity index (χ2v) is 6.63. The van der Waals surface area contributed by atoms with E-state index in [1.54, 1.807) is 6.07 Å². The Labute approximate surface area is 150 Å². The van der Waals surface area contributed by atoms with E-state index >= 15 is 0 Å². The highest BCUT2D eigenvalue weighted by Gasteiger charge is 2.35. The Hall–Kier alpha value is -2.34. The Morgan fingerprint density at radius 3 is 2.46 bits per heavy atom. The first-order chi connectivity index (χ1) is 12.3. The summed E-state index contributed by atoms with van der Waals surface area (Å²) in [4.78, 5) is 13.1. The Kier molecular flexibility index (Phi) is 5.32. The Morgan fingerprint density at radius 1 is 1.12 bits per heavy atom. The molecule has 0 spiro atoms. The molecule has 2 aromatic carbocycles. The average Bonchev–Trinajstić information content (AvgIpc) is 2.59. The molecule has 26 heavy (non-hydrogen) atoms. The molecule has 0 aromatic heterocycles. The van der Waals surface area contributed by atoms with E-state index in [2.05, 4.69) is 10.2 Å². The van der Waals surface area contributed by atoms with Crippen molar-refractivity contribution in [3.8, 4) is 0 Å². The average molecular weight is 362 g/mol. The molecule has 0 saturated carbocycles. The molecule has 1 heterocycles. The van der Waals surface area contributed by atoms with Crippen LogP contribution in [0.5, 0.6) is 0 Å². The minimum absolute atomic E-state index is 0.0701. The standard InChI is InChI=1S/C20H21F3N2O/c1-14(26)24-11-15-5-7-16(8-6-15)12-25-10-9-18-17(13-25)3-2-4-19(18)20(21,22)23/h2-8H,9-13H2,1H3,(H,24,26). The zero-order chi connectivity index (χ0) is 18.7. The number of benzene rings is 2. The van der Waals surface area contributed by atoms with Gasteiger partial charge in [0.25, 0.3) is 0 Å². The van der Waals surface area contributed by atoms with Gasteiger partial charge in [0.2, 0.25) is 5.91 Å². The van der Waals surface area contributed by atoms with Crippen molar-refractivity contribution in [2.45, 2.75) is 39.2 Å². The van der Waals surface area contributed by atoms with Gasteiger partial charge in [-0.15, -0.1) is 0 Å². The number of rotatable bonds is 4. The van der Waals surface area contributed by atoms with E-state index in [0.717, 1.165) is 16.7 Å². The summed E-state index contributed by atoms with van der Waals surface area (Å²) in [7, 11) is 0. The summed E-state index contributed by atoms with van der Waals surface area (Å²) >= 11 is 0. The van der Waals surface area contributed by atoms with Crippen molar-refractivity contribution >= 4 is 5.91 Å². The molecule has 3 rings (SSSR count). The minimum Gasteiger partial charge on any atom is -0.352 e. The Bertz CT molecular complexity index is 785. The van der Waals surface area contributed by atoms with Crippen LogP contribution >= 0.6 is 0 Å². The van der Waals surface area contributed by atoms with Crippen molar-refractivity contribution in [3.05, 3.63) is 70.3 Å². The molecule has 0 unspecified atom stereocenters. The summed E-state index contributed by atoms with van der Waals surface area (Å²) in [5.41, 5.74) is 2.81. The molecule has 0 atom stereocenters. The molecular formula is C20H21F3N2O. The van der Waals surface area contributed by atoms with Crippen LogP contribution in [0.15, 0.2) is 42.5 Å². The number of amides is 1. The Morgan fingerprint density at radius 2 is 1.81 bits per heavy atom. The number of hydrogen-bond donors (Lipinski definition) is 1. The third-order valence-electron chi connectivity index (χ3n) is 4.62. The number of fused-ring (bicyclic) bond motifs is 1. The van der Waals surface area contributed by atoms with Crippen molar-refractivity contribution in [1.29, 1.82) is 0 Å². The number of halogens is 3. The topological polar surface area (TPSA) is 32.3 Å². The fourth-order valence-electron chi connectivity index (χ4n) is 3.32. The zero-order valence-corrected chi connectivity index (χ0v) is 14.6. The lowest BCUT2D eigenvalue weighted by molar-refractivity contribution is -0.138. The van der Waals surface area contributed by atoms with Crippen molar-refractivity contribution in [2.75, 3.05) is 6.54 Å². The fourth-order valence-corrected chi connectivity index (χ4v) is 3.32. The van der Waals surface area contributed by atoms with E-state index in [4.69, 9.17) is 0 Å². The molecule has 0 saturated heterocycles. The minimum atomic E-state index is -4.29. The lowest BCUT2D eigenvalue weighted by Gasteiger charge is -2.30. The molecule has 1 aliphatic rings. The summed E-state index contributed by atoms with van der Waals surface area (Å²) in [6.45, 7) is 3.79. The number of carbonyl (C=O) groups is 1. The molecule has 138 valence electrons. The van der Waals surface area contributed by atoms with Gasteiger partial charge in [-0.1, -0.05) is 36.4 Å². The normalized spacial score (nSPS) is 14.8. The summed E-state index contributed by atoms with van der Waals surface area (Å²) in [6, 6.07) is 12.4. The number of hydrogen-bond acceptors (Lipinski definition) is 2. The number of alkyl halides is 3. The predicted octanol–water partition coefficient (Wildman–Crippen LogP) is 3.90. The zero-order valence-electron chi connectivity index (χ0n) is 14.6. The first-order valence-electron chi connectivity index (χ1n) is 8.55. The molecule has 3 nitrogen and oxygen atoms in total. The van der Waals surface area contributed by atoms with Crippen LogP contribution in [0.2, 0.25) is 0 Å². The SMILES string of the molecule is CC(=O)NCc1ccc(CN2CCc3c(cccc3C(F)(F)F)C2)cc1. The molecule has 6 heteroatoms. The van der Waals surface area contributed by atoms with Crippen molar-refractivity contribution < 1.29 is 18.0 Å². The first-order valence-corrected chi connectivity index (χ1v) is 8.55. The number of nitrogens with zero attached hydrogens (tertiary/aromatic N) is 1. The number of nitrogens with one attached hydrogen (secondary N) is 1. The van der Waals surface area contributed by atoms with E-state index in [1.165, 1.54) is 19.1 Å². The molecule has 1 N–H and O–H groups in total. The third-order valence-corrected chi connectivity index (χ3v) is 4.62. The van der Waals surface area contributed by atoms with Crippen LogP contribution in [0.4, 0.5) is 13.2 Å². The molecule has 0 radical (unpaired) electrons. The van der Waals surface area contributed by atoms with Gasteiger partial charge in [-0.25, -0.2) is 0 Å². The number of carbonyl (C=O) groups excluding carboxylic acids is 1. The van der Waals surface area contributed by atoms with Gasteiger partial charge in [-0.2, -0.15) is 13.2 Å². The largest absolute Gasteiger partial charge is 0.416 e. The van der Waals surface area contributed by atoms with Gasteiger partial charge in [0.1, 0.15) is 0 Å². The van der Waals surface area contributed by atoms with Crippen LogP contribution in [0.1, 0.15) is 34.7 Å². The van der Waals surface area contributed by atoms with Crippen LogP contribution in [0.25, 0.3) is 0 Å². The van der Waals surface area contributed by atoms with Gasteiger partial charge in [-0.3, -0.25) is 9.69 Å². The highest BCUT2D eigenvalue weighted by Crippen LogP contribution is 2.35. The maximum atomic E-state index is 13.1. The van der Waals surface area contributed by atoms with Crippen LogP contribution < -0.4 is 5.32 Å². The summed E-state index contributed by atoms with van der Waals surface area (Å²) in [6.07, 6.45) is -3.89. The van der Waals surface area contributed by atoms with Gasteiger partial charge < -0.3 is 5.32 Å². The van der Waals surface area contributed by atoms with Crippen LogP contribution in [-0.4, -0.2) is 17.4 Å². The lowest BCUT2D eigenvalue weighted by atomic mass is 9.94. The van der Waals surface area contributed by atoms with E-state index in [1.807, 2.05) is 24.3 Å². The second kappa shape index (κ2) is 7.50. The first kappa shape index (κ1) is 18.5. The maximum absolute atomic E-state index is 13.1. The smallest absolute Gasteiger partial charge is 0.352 e. The molecule has 0 bridgehead atoms. The van der Waals surface area contributed by atoms with Gasteiger partial charge in [-0.05, 0) is 34.7 Å². The molecule has 2 aromatic rings. The van der Waals surface area contributed by atoms with Gasteiger partial charge >= 0.3 is 6.18 Å². The van der Waals surface area contributed by atoms with Crippen molar-refractivity contribution in [3.63, 3.8) is 0 Å². The highest BCUT2D eigenvalue weighted by atomic mass is 19.4. The highest BCUT2D eigenvalue weighted by molar-refractivity contribution is 5.72. The van der Waals surface area contributed by atoms with Crippen molar-refractivity contribution in [1.82, 2.24) is 10.2 Å². The van der Waals surface area contributed by atoms with E-state index in [9.17, 15) is 18.0 Å². The Balaban J connectivity index is 1.66. The third kappa shape index (κ3) is 4.43. The molecule has 1 aliphatic heterocycles. The van der Waals surface area contributed by atoms with E-state index in [0.29, 0.717) is 38.2 Å². The monoisotopic (exact) mass is 362 g/mol. The summed E-state index contributed by atoms with van der Waals surface area (Å²) in [5, 5.41) is 2.75. The predicted molar refractivity (Wildman–Crippen MR) is 93.2 cm³/mol. The lowest BCUT2D eigenvalue weighted by Crippen LogP contribution is -2.31. The van der Waals surface area contributed by atoms with Gasteiger partial charge in [0.15, 0.2) is 0 Å². The molecule has 1 amide bonds. The van der Waals surface area contributed by atoms with Crippen LogP contribution in [0, 0.1) is 0 Å². The van der Waals surface area contributed by atoms with Crippen LogP contribution in [-0.2, 0) is 37.0 Å². The maximum Gasteiger partial charge on any atom is 0.416 e. The molecule has 0 fully saturated rings. The van der Waals surface area contributed by atoms with E-state index < -0.39 is 11.7 Å². The van der Waals surface area contributed by atoms with Gasteiger partial charge in [0.05, 0.1) is 5.56 Å². The summed E-state index contributed by atoms with van der Waals surface area (Å²) < 4.78 is 39.4. The van der Waals surface area contributed by atoms with Crippen LogP contribution in [0.3, 0.4) is 0 Å². The fraction of sp³-hybridized carbons (Fsp3) is 0.350. The quantitative estimate of drug-likeness (QED) is 0.895.